The van der Waals surface area contributed by atoms with Crippen molar-refractivity contribution >= 4 is 46.0 Å². The van der Waals surface area contributed by atoms with Crippen LogP contribution in [-0.2, 0) is 49.5 Å². The van der Waals surface area contributed by atoms with Crippen LogP contribution >= 0.6 is 11.6 Å². The molecule has 12 nitrogen and oxygen atoms in total. The minimum atomic E-state index is -0.659. The first kappa shape index (κ1) is 52.2. The first-order valence-corrected chi connectivity index (χ1v) is 22.1. The molecule has 3 N–H and O–H groups in total. The van der Waals surface area contributed by atoms with Gasteiger partial charge in [0, 0.05) is 42.4 Å². The Morgan fingerprint density at radius 3 is 1.35 bits per heavy atom. The van der Waals surface area contributed by atoms with Gasteiger partial charge in [-0.1, -0.05) is 63.1 Å². The summed E-state index contributed by atoms with van der Waals surface area (Å²) in [7, 11) is 9.94. The van der Waals surface area contributed by atoms with Gasteiger partial charge in [0.1, 0.15) is 11.5 Å². The van der Waals surface area contributed by atoms with E-state index in [2.05, 4.69) is 76.4 Å². The smallest absolute Gasteiger partial charge is 0.414 e. The molecule has 4 amide bonds. The fourth-order valence-corrected chi connectivity index (χ4v) is 9.15. The predicted octanol–water partition coefficient (Wildman–Crippen LogP) is 5.74. The minimum absolute atomic E-state index is 0. The minimum Gasteiger partial charge on any atom is -1.00 e. The molecule has 2 fully saturated rings. The van der Waals surface area contributed by atoms with Gasteiger partial charge in [0.2, 0.25) is 0 Å². The number of aliphatic hydroxyl groups is 1. The molecule has 4 aliphatic rings. The average molecular weight is 901 g/mol. The fraction of sp³-hybridized carbons (Fsp3) is 0.583. The summed E-state index contributed by atoms with van der Waals surface area (Å²) in [4.78, 5) is 51.4. The SMILES string of the molecule is CCc1cc(C)cc(CC)c1C1=C(O)C2(CCC(OC)CC2)NC1=O.CCc1cc(C)cc(CC)c1C1=C(OC(=O)N(C)C)C2(CCC(OC)CC2)NC1=O.CN(C)C(=O)Cl.[Cl-]. The molecule has 0 unspecified atom stereocenters. The molecular weight excluding hydrogens is 831 g/mol. The number of hydrogen-bond acceptors (Lipinski definition) is 8. The van der Waals surface area contributed by atoms with Gasteiger partial charge >= 0.3 is 11.5 Å². The number of carbonyl (C=O) groups excluding carboxylic acids is 4. The molecule has 2 aliphatic heterocycles. The maximum absolute atomic E-state index is 13.4. The number of amides is 4. The lowest BCUT2D eigenvalue weighted by atomic mass is 9.78. The van der Waals surface area contributed by atoms with E-state index in [9.17, 15) is 24.3 Å². The molecule has 2 aliphatic carbocycles. The largest absolute Gasteiger partial charge is 1.00 e. The summed E-state index contributed by atoms with van der Waals surface area (Å²) in [6.07, 6.45) is 9.34. The maximum Gasteiger partial charge on any atom is 0.414 e. The van der Waals surface area contributed by atoms with E-state index in [1.54, 1.807) is 42.4 Å². The molecule has 344 valence electrons. The number of carbonyl (C=O) groups is 4. The highest BCUT2D eigenvalue weighted by atomic mass is 35.5. The lowest BCUT2D eigenvalue weighted by Gasteiger charge is -2.38. The second-order valence-corrected chi connectivity index (χ2v) is 17.4. The standard InChI is InChI=1S/C24H34N2O4.C21H29NO3.C3H6ClNO.ClH/c1-7-16-13-15(3)14-17(8-2)19(16)20-21(30-23(28)26(4)5)24(25-22(20)27)11-9-18(29-6)10-12-24;1-5-14-11-13(3)12-15(6-2)17(14)18-19(23)21(22-20(18)24)9-7-16(25-4)8-10-21;1-5(2)3(4)6;/h13-14,18H,7-12H2,1-6H3,(H,25,27);11-12,16,23H,5-10H2,1-4H3,(H,22,24);1-2H3;1H/p-1. The molecule has 62 heavy (non-hydrogen) atoms. The third-order valence-electron chi connectivity index (χ3n) is 12.6. The van der Waals surface area contributed by atoms with E-state index in [-0.39, 0.29) is 42.2 Å². The average Bonchev–Trinajstić information content (AvgIpc) is 3.63. The van der Waals surface area contributed by atoms with Crippen LogP contribution < -0.4 is 23.0 Å². The fourth-order valence-electron chi connectivity index (χ4n) is 9.15. The van der Waals surface area contributed by atoms with Crippen LogP contribution in [0.5, 0.6) is 0 Å². The van der Waals surface area contributed by atoms with Crippen molar-refractivity contribution in [1.82, 2.24) is 20.4 Å². The third-order valence-corrected chi connectivity index (χ3v) is 12.9. The van der Waals surface area contributed by atoms with Crippen molar-refractivity contribution in [2.45, 2.75) is 142 Å². The van der Waals surface area contributed by atoms with Gasteiger partial charge in [0.15, 0.2) is 0 Å². The molecule has 2 aromatic carbocycles. The van der Waals surface area contributed by atoms with Gasteiger partial charge in [0.25, 0.3) is 11.8 Å². The molecule has 2 aromatic rings. The number of rotatable bonds is 9. The lowest BCUT2D eigenvalue weighted by Crippen LogP contribution is -3.00. The number of methoxy groups -OCH3 is 2. The van der Waals surface area contributed by atoms with Crippen molar-refractivity contribution in [3.05, 3.63) is 80.3 Å². The molecule has 0 aromatic heterocycles. The number of ether oxygens (including phenoxy) is 3. The topological polar surface area (TPSA) is 147 Å². The van der Waals surface area contributed by atoms with Gasteiger partial charge in [-0.25, -0.2) is 4.79 Å². The first-order valence-electron chi connectivity index (χ1n) is 21.8. The number of nitrogens with one attached hydrogen (secondary N) is 2. The quantitative estimate of drug-likeness (QED) is 0.214. The summed E-state index contributed by atoms with van der Waals surface area (Å²) in [6, 6.07) is 8.53. The Hall–Kier alpha value is -4.10. The summed E-state index contributed by atoms with van der Waals surface area (Å²) in [5.41, 5.74) is 8.48. The highest BCUT2D eigenvalue weighted by Gasteiger charge is 2.51. The van der Waals surface area contributed by atoms with Gasteiger partial charge in [-0.05, 0) is 136 Å². The first-order chi connectivity index (χ1) is 28.9. The van der Waals surface area contributed by atoms with Crippen LogP contribution in [0.3, 0.4) is 0 Å². The number of hydrogen-bond donors (Lipinski definition) is 3. The third kappa shape index (κ3) is 11.3. The van der Waals surface area contributed by atoms with Gasteiger partial charge in [-0.3, -0.25) is 14.4 Å². The van der Waals surface area contributed by atoms with E-state index in [0.29, 0.717) is 29.7 Å². The molecular formula is C48H69Cl2N4O8-. The summed E-state index contributed by atoms with van der Waals surface area (Å²) < 4.78 is 16.9. The molecule has 0 bridgehead atoms. The molecule has 0 atom stereocenters. The predicted molar refractivity (Wildman–Crippen MR) is 242 cm³/mol. The molecule has 6 rings (SSSR count). The van der Waals surface area contributed by atoms with Crippen LogP contribution in [0, 0.1) is 13.8 Å². The van der Waals surface area contributed by atoms with Crippen molar-refractivity contribution in [1.29, 1.82) is 0 Å². The van der Waals surface area contributed by atoms with Crippen LogP contribution in [0.4, 0.5) is 9.59 Å². The lowest BCUT2D eigenvalue weighted by molar-refractivity contribution is -0.117. The molecule has 2 heterocycles. The zero-order valence-electron chi connectivity index (χ0n) is 38.9. The van der Waals surface area contributed by atoms with Crippen LogP contribution in [0.15, 0.2) is 35.8 Å². The molecule has 14 heteroatoms. The summed E-state index contributed by atoms with van der Waals surface area (Å²) in [5.74, 6) is 0.427. The van der Waals surface area contributed by atoms with E-state index in [1.807, 2.05) is 0 Å². The maximum atomic E-state index is 13.4. The summed E-state index contributed by atoms with van der Waals surface area (Å²) >= 11 is 4.90. The number of nitrogens with zero attached hydrogens (tertiary/aromatic N) is 2. The molecule has 0 radical (unpaired) electrons. The van der Waals surface area contributed by atoms with Crippen LogP contribution in [0.25, 0.3) is 11.1 Å². The molecule has 0 saturated heterocycles. The van der Waals surface area contributed by atoms with Crippen LogP contribution in [-0.4, -0.2) is 104 Å². The highest BCUT2D eigenvalue weighted by molar-refractivity contribution is 6.62. The van der Waals surface area contributed by atoms with Crippen molar-refractivity contribution in [3.63, 3.8) is 0 Å². The van der Waals surface area contributed by atoms with E-state index in [1.165, 1.54) is 20.9 Å². The van der Waals surface area contributed by atoms with Crippen molar-refractivity contribution in [3.8, 4) is 0 Å². The van der Waals surface area contributed by atoms with E-state index in [4.69, 9.17) is 25.8 Å². The summed E-state index contributed by atoms with van der Waals surface area (Å²) in [5, 5.41) is 17.0. The summed E-state index contributed by atoms with van der Waals surface area (Å²) in [6.45, 7) is 12.5. The van der Waals surface area contributed by atoms with Gasteiger partial charge < -0.3 is 52.2 Å². The number of benzene rings is 2. The zero-order valence-corrected chi connectivity index (χ0v) is 40.4. The van der Waals surface area contributed by atoms with E-state index < -0.39 is 22.5 Å². The van der Waals surface area contributed by atoms with Crippen LogP contribution in [0.2, 0.25) is 0 Å². The van der Waals surface area contributed by atoms with E-state index >= 15 is 0 Å². The second kappa shape index (κ2) is 22.5. The van der Waals surface area contributed by atoms with Gasteiger partial charge in [-0.15, -0.1) is 0 Å². The molecule has 2 spiro atoms. The Labute approximate surface area is 380 Å². The van der Waals surface area contributed by atoms with Gasteiger partial charge in [0.05, 0.1) is 34.4 Å². The second-order valence-electron chi connectivity index (χ2n) is 17.1. The Bertz CT molecular complexity index is 1960. The normalized spacial score (nSPS) is 22.9. The Morgan fingerprint density at radius 1 is 0.677 bits per heavy atom. The molecule has 2 saturated carbocycles. The monoisotopic (exact) mass is 899 g/mol. The Balaban J connectivity index is 0.000000291. The Kier molecular flexibility index (Phi) is 19.0. The zero-order chi connectivity index (χ0) is 45.4. The van der Waals surface area contributed by atoms with E-state index in [0.717, 1.165) is 97.6 Å². The number of halogens is 2. The number of aliphatic hydroxyl groups excluding tert-OH is 1. The van der Waals surface area contributed by atoms with Gasteiger partial charge in [-0.2, -0.15) is 0 Å². The van der Waals surface area contributed by atoms with Crippen LogP contribution in [0.1, 0.15) is 124 Å². The van der Waals surface area contributed by atoms with Crippen molar-refractivity contribution in [2.75, 3.05) is 42.4 Å². The van der Waals surface area contributed by atoms with Crippen molar-refractivity contribution in [2.24, 2.45) is 0 Å². The Morgan fingerprint density at radius 2 is 1.02 bits per heavy atom. The highest BCUT2D eigenvalue weighted by Crippen LogP contribution is 2.46. The number of aryl methyl sites for hydroxylation is 6. The van der Waals surface area contributed by atoms with Crippen molar-refractivity contribution < 1.29 is 50.9 Å².